The molecule has 0 amide bonds. The topological polar surface area (TPSA) is 57.2 Å². The number of aromatic nitrogens is 1. The maximum Gasteiger partial charge on any atom is 0.411 e. The van der Waals surface area contributed by atoms with Crippen molar-refractivity contribution < 1.29 is 17.9 Å². The van der Waals surface area contributed by atoms with E-state index in [2.05, 4.69) is 4.74 Å². The Hall–Kier alpha value is -1.41. The van der Waals surface area contributed by atoms with Gasteiger partial charge in [0.05, 0.1) is 12.2 Å². The molecule has 0 saturated carbocycles. The molecule has 0 radical (unpaired) electrons. The van der Waals surface area contributed by atoms with Crippen molar-refractivity contribution in [2.45, 2.75) is 19.6 Å². The van der Waals surface area contributed by atoms with E-state index in [1.165, 1.54) is 10.6 Å². The SMILES string of the molecule is Cc1ccc(C(N)=S)c(=O)n1CCOCC(F)(F)F. The molecular weight excluding hydrogens is 281 g/mol. The Kier molecular flexibility index (Phi) is 5.07. The first-order valence-corrected chi connectivity index (χ1v) is 5.78. The summed E-state index contributed by atoms with van der Waals surface area (Å²) in [7, 11) is 0. The molecule has 1 aromatic heterocycles. The van der Waals surface area contributed by atoms with Gasteiger partial charge in [-0.05, 0) is 19.1 Å². The molecule has 106 valence electrons. The zero-order valence-electron chi connectivity index (χ0n) is 10.2. The number of hydrogen-bond donors (Lipinski definition) is 1. The van der Waals surface area contributed by atoms with Gasteiger partial charge in [0.25, 0.3) is 5.56 Å². The number of aryl methyl sites for hydroxylation is 1. The first kappa shape index (κ1) is 15.6. The molecule has 0 bridgehead atoms. The Morgan fingerprint density at radius 3 is 2.63 bits per heavy atom. The molecule has 1 aromatic rings. The van der Waals surface area contributed by atoms with Crippen LogP contribution in [0.5, 0.6) is 0 Å². The lowest BCUT2D eigenvalue weighted by Gasteiger charge is -2.12. The van der Waals surface area contributed by atoms with Crippen molar-refractivity contribution in [2.75, 3.05) is 13.2 Å². The van der Waals surface area contributed by atoms with E-state index in [0.29, 0.717) is 5.69 Å². The van der Waals surface area contributed by atoms with Gasteiger partial charge in [-0.15, -0.1) is 0 Å². The highest BCUT2D eigenvalue weighted by Crippen LogP contribution is 2.14. The van der Waals surface area contributed by atoms with Crippen molar-refractivity contribution in [3.63, 3.8) is 0 Å². The molecule has 1 heterocycles. The van der Waals surface area contributed by atoms with Gasteiger partial charge in [-0.1, -0.05) is 12.2 Å². The largest absolute Gasteiger partial charge is 0.411 e. The van der Waals surface area contributed by atoms with Crippen LogP contribution < -0.4 is 11.3 Å². The fraction of sp³-hybridized carbons (Fsp3) is 0.455. The summed E-state index contributed by atoms with van der Waals surface area (Å²) in [5.74, 6) is 0. The van der Waals surface area contributed by atoms with Crippen molar-refractivity contribution in [1.82, 2.24) is 4.57 Å². The smallest absolute Gasteiger partial charge is 0.389 e. The summed E-state index contributed by atoms with van der Waals surface area (Å²) < 4.78 is 41.4. The molecule has 0 aliphatic carbocycles. The third-order valence-corrected chi connectivity index (χ3v) is 2.60. The minimum absolute atomic E-state index is 0.0111. The Morgan fingerprint density at radius 2 is 2.11 bits per heavy atom. The Bertz CT molecular complexity index is 526. The molecule has 0 fully saturated rings. The second kappa shape index (κ2) is 6.16. The van der Waals surface area contributed by atoms with Gasteiger partial charge >= 0.3 is 6.18 Å². The van der Waals surface area contributed by atoms with Gasteiger partial charge in [-0.2, -0.15) is 13.2 Å². The molecule has 4 nitrogen and oxygen atoms in total. The minimum atomic E-state index is -4.37. The quantitative estimate of drug-likeness (QED) is 0.658. The van der Waals surface area contributed by atoms with Crippen LogP contribution in [0.2, 0.25) is 0 Å². The van der Waals surface area contributed by atoms with E-state index in [1.54, 1.807) is 13.0 Å². The molecule has 0 aromatic carbocycles. The predicted octanol–water partition coefficient (Wildman–Crippen LogP) is 1.37. The van der Waals surface area contributed by atoms with Crippen molar-refractivity contribution in [2.24, 2.45) is 5.73 Å². The van der Waals surface area contributed by atoms with Crippen LogP contribution in [0.1, 0.15) is 11.3 Å². The van der Waals surface area contributed by atoms with E-state index in [4.69, 9.17) is 18.0 Å². The van der Waals surface area contributed by atoms with Crippen molar-refractivity contribution >= 4 is 17.2 Å². The van der Waals surface area contributed by atoms with Crippen molar-refractivity contribution in [1.29, 1.82) is 0 Å². The molecule has 0 unspecified atom stereocenters. The van der Waals surface area contributed by atoms with Crippen LogP contribution in [0.3, 0.4) is 0 Å². The maximum atomic E-state index is 11.9. The number of nitrogens with zero attached hydrogens (tertiary/aromatic N) is 1. The molecule has 2 N–H and O–H groups in total. The Labute approximate surface area is 113 Å². The van der Waals surface area contributed by atoms with Gasteiger partial charge in [-0.3, -0.25) is 4.79 Å². The zero-order valence-corrected chi connectivity index (χ0v) is 11.0. The summed E-state index contributed by atoms with van der Waals surface area (Å²) in [5, 5.41) is 0. The third kappa shape index (κ3) is 4.64. The lowest BCUT2D eigenvalue weighted by atomic mass is 10.2. The average Bonchev–Trinajstić information content (AvgIpc) is 2.25. The second-order valence-corrected chi connectivity index (χ2v) is 4.32. The second-order valence-electron chi connectivity index (χ2n) is 3.88. The monoisotopic (exact) mass is 294 g/mol. The molecule has 19 heavy (non-hydrogen) atoms. The van der Waals surface area contributed by atoms with Crippen LogP contribution in [0, 0.1) is 6.92 Å². The van der Waals surface area contributed by atoms with E-state index in [-0.39, 0.29) is 23.7 Å². The number of hydrogen-bond acceptors (Lipinski definition) is 3. The summed E-state index contributed by atoms with van der Waals surface area (Å²) in [4.78, 5) is 11.9. The molecule has 0 saturated heterocycles. The van der Waals surface area contributed by atoms with Gasteiger partial charge < -0.3 is 15.0 Å². The number of pyridine rings is 1. The van der Waals surface area contributed by atoms with Crippen molar-refractivity contribution in [3.8, 4) is 0 Å². The molecule has 0 atom stereocenters. The number of nitrogens with two attached hydrogens (primary N) is 1. The maximum absolute atomic E-state index is 11.9. The highest BCUT2D eigenvalue weighted by Gasteiger charge is 2.27. The van der Waals surface area contributed by atoms with Crippen LogP contribution in [0.4, 0.5) is 13.2 Å². The first-order chi connectivity index (χ1) is 8.72. The minimum Gasteiger partial charge on any atom is -0.389 e. The number of alkyl halides is 3. The summed E-state index contributed by atoms with van der Waals surface area (Å²) in [6.07, 6.45) is -4.37. The number of ether oxygens (including phenoxy) is 1. The van der Waals surface area contributed by atoms with E-state index >= 15 is 0 Å². The lowest BCUT2D eigenvalue weighted by Crippen LogP contribution is -2.31. The summed E-state index contributed by atoms with van der Waals surface area (Å²) in [5.41, 5.74) is 5.72. The van der Waals surface area contributed by atoms with Crippen molar-refractivity contribution in [3.05, 3.63) is 33.7 Å². The average molecular weight is 294 g/mol. The van der Waals surface area contributed by atoms with Crippen LogP contribution in [0.25, 0.3) is 0 Å². The molecule has 0 spiro atoms. The highest BCUT2D eigenvalue weighted by atomic mass is 32.1. The van der Waals surface area contributed by atoms with Gasteiger partial charge in [0, 0.05) is 12.2 Å². The molecule has 0 aliphatic rings. The molecule has 0 aliphatic heterocycles. The summed E-state index contributed by atoms with van der Waals surface area (Å²) >= 11 is 4.72. The van der Waals surface area contributed by atoms with Crippen LogP contribution in [0.15, 0.2) is 16.9 Å². The number of thiocarbonyl (C=S) groups is 1. The zero-order chi connectivity index (χ0) is 14.6. The van der Waals surface area contributed by atoms with E-state index in [0.717, 1.165) is 0 Å². The molecule has 1 rings (SSSR count). The normalized spacial score (nSPS) is 11.6. The fourth-order valence-corrected chi connectivity index (χ4v) is 1.64. The summed E-state index contributed by atoms with van der Waals surface area (Å²) in [6.45, 7) is 0.114. The number of halogens is 3. The molecular formula is C11H13F3N2O2S. The number of rotatable bonds is 5. The van der Waals surface area contributed by atoms with E-state index in [1.807, 2.05) is 0 Å². The van der Waals surface area contributed by atoms with Gasteiger partial charge in [0.1, 0.15) is 11.6 Å². The summed E-state index contributed by atoms with van der Waals surface area (Å²) in [6, 6.07) is 3.12. The van der Waals surface area contributed by atoms with Crippen LogP contribution in [-0.4, -0.2) is 28.9 Å². The van der Waals surface area contributed by atoms with Gasteiger partial charge in [0.2, 0.25) is 0 Å². The van der Waals surface area contributed by atoms with Gasteiger partial charge in [0.15, 0.2) is 0 Å². The predicted molar refractivity (Wildman–Crippen MR) is 68.2 cm³/mol. The fourth-order valence-electron chi connectivity index (χ4n) is 1.48. The van der Waals surface area contributed by atoms with E-state index in [9.17, 15) is 18.0 Å². The Balaban J connectivity index is 2.76. The lowest BCUT2D eigenvalue weighted by molar-refractivity contribution is -0.174. The van der Waals surface area contributed by atoms with E-state index < -0.39 is 18.3 Å². The Morgan fingerprint density at radius 1 is 1.47 bits per heavy atom. The third-order valence-electron chi connectivity index (χ3n) is 2.38. The standard InChI is InChI=1S/C11H13F3N2O2S/c1-7-2-3-8(9(15)19)10(17)16(7)4-5-18-6-11(12,13)14/h2-3H,4-6H2,1H3,(H2,15,19). The molecule has 8 heteroatoms. The van der Waals surface area contributed by atoms with Crippen LogP contribution in [-0.2, 0) is 11.3 Å². The van der Waals surface area contributed by atoms with Crippen LogP contribution >= 0.6 is 12.2 Å². The van der Waals surface area contributed by atoms with Gasteiger partial charge in [-0.25, -0.2) is 0 Å². The highest BCUT2D eigenvalue weighted by molar-refractivity contribution is 7.80. The first-order valence-electron chi connectivity index (χ1n) is 5.37.